The molecule has 1 aliphatic rings. The molecule has 1 fully saturated rings. The maximum Gasteiger partial charge on any atom is 0.276 e. The number of carbonyl (C=O) groups excluding carboxylic acids is 1. The molecule has 3 aromatic rings. The van der Waals surface area contributed by atoms with Crippen LogP contribution in [-0.4, -0.2) is 53.4 Å². The first-order valence-electron chi connectivity index (χ1n) is 9.46. The van der Waals surface area contributed by atoms with Gasteiger partial charge in [-0.25, -0.2) is 4.98 Å². The van der Waals surface area contributed by atoms with Crippen LogP contribution in [0.1, 0.15) is 23.2 Å². The van der Waals surface area contributed by atoms with Crippen LogP contribution in [0.5, 0.6) is 0 Å². The van der Waals surface area contributed by atoms with E-state index in [0.29, 0.717) is 5.69 Å². The summed E-state index contributed by atoms with van der Waals surface area (Å²) in [5.74, 6) is 0.715. The number of nitrogens with zero attached hydrogens (tertiary/aromatic N) is 4. The highest BCUT2D eigenvalue weighted by Gasteiger charge is 2.17. The molecule has 0 atom stereocenters. The molecule has 140 valence electrons. The van der Waals surface area contributed by atoms with E-state index < -0.39 is 0 Å². The second-order valence-corrected chi connectivity index (χ2v) is 6.98. The van der Waals surface area contributed by atoms with Crippen LogP contribution in [0.2, 0.25) is 0 Å². The SMILES string of the molecule is CCc1nc(C(=O)Nc2ccc(N3CCN(C)CC3)cc2)c2ccccn12. The van der Waals surface area contributed by atoms with Gasteiger partial charge in [0.2, 0.25) is 0 Å². The summed E-state index contributed by atoms with van der Waals surface area (Å²) in [4.78, 5) is 22.0. The predicted molar refractivity (Wildman–Crippen MR) is 109 cm³/mol. The minimum Gasteiger partial charge on any atom is -0.369 e. The van der Waals surface area contributed by atoms with E-state index in [-0.39, 0.29) is 5.91 Å². The quantitative estimate of drug-likeness (QED) is 0.774. The number of hydrogen-bond donors (Lipinski definition) is 1. The summed E-state index contributed by atoms with van der Waals surface area (Å²) < 4.78 is 1.98. The first kappa shape index (κ1) is 17.5. The predicted octanol–water partition coefficient (Wildman–Crippen LogP) is 2.90. The number of imidazole rings is 1. The van der Waals surface area contributed by atoms with E-state index in [1.165, 1.54) is 5.69 Å². The normalized spacial score (nSPS) is 15.3. The molecule has 0 unspecified atom stereocenters. The molecule has 0 bridgehead atoms. The average Bonchev–Trinajstić information content (AvgIpc) is 3.08. The molecule has 2 aromatic heterocycles. The Morgan fingerprint density at radius 3 is 2.52 bits per heavy atom. The largest absolute Gasteiger partial charge is 0.369 e. The van der Waals surface area contributed by atoms with Crippen molar-refractivity contribution in [2.24, 2.45) is 0 Å². The summed E-state index contributed by atoms with van der Waals surface area (Å²) in [7, 11) is 2.15. The number of likely N-dealkylation sites (N-methyl/N-ethyl adjacent to an activating group) is 1. The van der Waals surface area contributed by atoms with Crippen molar-refractivity contribution < 1.29 is 4.79 Å². The number of benzene rings is 1. The molecule has 1 amide bonds. The number of nitrogens with one attached hydrogen (secondary N) is 1. The van der Waals surface area contributed by atoms with Crippen LogP contribution in [0.4, 0.5) is 11.4 Å². The highest BCUT2D eigenvalue weighted by Crippen LogP contribution is 2.21. The number of fused-ring (bicyclic) bond motifs is 1. The van der Waals surface area contributed by atoms with Crippen molar-refractivity contribution >= 4 is 22.8 Å². The Morgan fingerprint density at radius 2 is 1.81 bits per heavy atom. The maximum absolute atomic E-state index is 12.8. The van der Waals surface area contributed by atoms with Crippen LogP contribution >= 0.6 is 0 Å². The van der Waals surface area contributed by atoms with Gasteiger partial charge in [-0.2, -0.15) is 0 Å². The van der Waals surface area contributed by atoms with Crippen molar-refractivity contribution in [3.8, 4) is 0 Å². The van der Waals surface area contributed by atoms with Gasteiger partial charge in [0.15, 0.2) is 5.69 Å². The molecular formula is C21H25N5O. The van der Waals surface area contributed by atoms with E-state index in [1.807, 2.05) is 47.9 Å². The van der Waals surface area contributed by atoms with Gasteiger partial charge in [-0.3, -0.25) is 4.79 Å². The maximum atomic E-state index is 12.8. The number of anilines is 2. The van der Waals surface area contributed by atoms with E-state index >= 15 is 0 Å². The summed E-state index contributed by atoms with van der Waals surface area (Å²) in [6.45, 7) is 6.25. The second-order valence-electron chi connectivity index (χ2n) is 6.98. The van der Waals surface area contributed by atoms with Gasteiger partial charge in [0.05, 0.1) is 5.52 Å². The van der Waals surface area contributed by atoms with E-state index in [9.17, 15) is 4.79 Å². The van der Waals surface area contributed by atoms with Crippen LogP contribution < -0.4 is 10.2 Å². The fourth-order valence-corrected chi connectivity index (χ4v) is 3.53. The molecule has 4 rings (SSSR count). The standard InChI is InChI=1S/C21H25N5O/c1-3-19-23-20(18-6-4-5-11-26(18)19)21(27)22-16-7-9-17(10-8-16)25-14-12-24(2)13-15-25/h4-11H,3,12-15H2,1-2H3,(H,22,27). The van der Waals surface area contributed by atoms with Crippen LogP contribution in [0.3, 0.4) is 0 Å². The smallest absolute Gasteiger partial charge is 0.276 e. The third kappa shape index (κ3) is 3.53. The highest BCUT2D eigenvalue weighted by molar-refractivity contribution is 6.07. The topological polar surface area (TPSA) is 52.9 Å². The number of amides is 1. The molecule has 0 radical (unpaired) electrons. The number of rotatable bonds is 4. The Balaban J connectivity index is 1.50. The van der Waals surface area contributed by atoms with Crippen molar-refractivity contribution in [1.29, 1.82) is 0 Å². The molecule has 1 N–H and O–H groups in total. The lowest BCUT2D eigenvalue weighted by atomic mass is 10.2. The molecule has 0 spiro atoms. The molecule has 27 heavy (non-hydrogen) atoms. The van der Waals surface area contributed by atoms with E-state index in [2.05, 4.69) is 39.3 Å². The molecule has 1 aliphatic heterocycles. The van der Waals surface area contributed by atoms with Gasteiger partial charge in [-0.15, -0.1) is 0 Å². The molecule has 6 heteroatoms. The van der Waals surface area contributed by atoms with Crippen molar-refractivity contribution in [3.63, 3.8) is 0 Å². The van der Waals surface area contributed by atoms with Gasteiger partial charge in [0.1, 0.15) is 5.82 Å². The zero-order valence-corrected chi connectivity index (χ0v) is 15.9. The lowest BCUT2D eigenvalue weighted by Gasteiger charge is -2.34. The molecule has 6 nitrogen and oxygen atoms in total. The molecule has 1 aromatic carbocycles. The van der Waals surface area contributed by atoms with Crippen LogP contribution in [0.25, 0.3) is 5.52 Å². The molecule has 3 heterocycles. The fourth-order valence-electron chi connectivity index (χ4n) is 3.53. The molecular weight excluding hydrogens is 338 g/mol. The Bertz CT molecular complexity index is 939. The Morgan fingerprint density at radius 1 is 1.07 bits per heavy atom. The van der Waals surface area contributed by atoms with Crippen molar-refractivity contribution in [2.75, 3.05) is 43.4 Å². The number of aromatic nitrogens is 2. The lowest BCUT2D eigenvalue weighted by Crippen LogP contribution is -2.44. The lowest BCUT2D eigenvalue weighted by molar-refractivity contribution is 0.102. The first-order chi connectivity index (χ1) is 13.2. The van der Waals surface area contributed by atoms with Crippen LogP contribution in [-0.2, 0) is 6.42 Å². The van der Waals surface area contributed by atoms with E-state index in [4.69, 9.17) is 0 Å². The van der Waals surface area contributed by atoms with E-state index in [1.54, 1.807) is 0 Å². The van der Waals surface area contributed by atoms with Gasteiger partial charge < -0.3 is 19.5 Å². The van der Waals surface area contributed by atoms with Crippen molar-refractivity contribution in [2.45, 2.75) is 13.3 Å². The van der Waals surface area contributed by atoms with E-state index in [0.717, 1.165) is 49.6 Å². The summed E-state index contributed by atoms with van der Waals surface area (Å²) in [5, 5.41) is 2.98. The van der Waals surface area contributed by atoms with Gasteiger partial charge in [-0.1, -0.05) is 13.0 Å². The van der Waals surface area contributed by atoms with Crippen molar-refractivity contribution in [1.82, 2.24) is 14.3 Å². The summed E-state index contributed by atoms with van der Waals surface area (Å²) in [6, 6.07) is 13.9. The van der Waals surface area contributed by atoms with Gasteiger partial charge in [0.25, 0.3) is 5.91 Å². The summed E-state index contributed by atoms with van der Waals surface area (Å²) in [6.07, 6.45) is 2.72. The van der Waals surface area contributed by atoms with Gasteiger partial charge in [0, 0.05) is 50.2 Å². The Kier molecular flexibility index (Phi) is 4.81. The minimum atomic E-state index is -0.175. The zero-order valence-electron chi connectivity index (χ0n) is 15.9. The highest BCUT2D eigenvalue weighted by atomic mass is 16.1. The number of hydrogen-bond acceptors (Lipinski definition) is 4. The Labute approximate surface area is 159 Å². The number of carbonyl (C=O) groups is 1. The van der Waals surface area contributed by atoms with Crippen LogP contribution in [0, 0.1) is 0 Å². The number of piperazine rings is 1. The average molecular weight is 363 g/mol. The fraction of sp³-hybridized carbons (Fsp3) is 0.333. The molecule has 0 saturated carbocycles. The number of aryl methyl sites for hydroxylation is 1. The number of pyridine rings is 1. The van der Waals surface area contributed by atoms with Gasteiger partial charge in [-0.05, 0) is 43.4 Å². The van der Waals surface area contributed by atoms with Crippen LogP contribution in [0.15, 0.2) is 48.7 Å². The third-order valence-corrected chi connectivity index (χ3v) is 5.15. The summed E-state index contributed by atoms with van der Waals surface area (Å²) in [5.41, 5.74) is 3.28. The molecule has 1 saturated heterocycles. The van der Waals surface area contributed by atoms with Gasteiger partial charge >= 0.3 is 0 Å². The zero-order chi connectivity index (χ0) is 18.8. The second kappa shape index (κ2) is 7.40. The molecule has 0 aliphatic carbocycles. The minimum absolute atomic E-state index is 0.175. The van der Waals surface area contributed by atoms with Crippen molar-refractivity contribution in [3.05, 3.63) is 60.2 Å². The Hall–Kier alpha value is -2.86. The third-order valence-electron chi connectivity index (χ3n) is 5.15. The first-order valence-corrected chi connectivity index (χ1v) is 9.46. The summed E-state index contributed by atoms with van der Waals surface area (Å²) >= 11 is 0. The monoisotopic (exact) mass is 363 g/mol.